The first-order valence-electron chi connectivity index (χ1n) is 8.24. The molecule has 2 heterocycles. The van der Waals surface area contributed by atoms with E-state index >= 15 is 0 Å². The van der Waals surface area contributed by atoms with Crippen LogP contribution in [0.3, 0.4) is 0 Å². The molecule has 1 fully saturated rings. The summed E-state index contributed by atoms with van der Waals surface area (Å²) in [6.07, 6.45) is 10.1. The molecular formula is C15H26N4O2S. The first-order chi connectivity index (χ1) is 10.5. The molecule has 1 aromatic rings. The Morgan fingerprint density at radius 1 is 1.36 bits per heavy atom. The van der Waals surface area contributed by atoms with E-state index in [4.69, 9.17) is 0 Å². The predicted octanol–water partition coefficient (Wildman–Crippen LogP) is 0.948. The molecule has 22 heavy (non-hydrogen) atoms. The average Bonchev–Trinajstić information content (AvgIpc) is 3.09. The van der Waals surface area contributed by atoms with Crippen molar-refractivity contribution < 1.29 is 8.42 Å². The molecule has 1 aliphatic heterocycles. The van der Waals surface area contributed by atoms with E-state index in [1.54, 1.807) is 0 Å². The molecule has 1 atom stereocenters. The Hall–Kier alpha value is -0.920. The van der Waals surface area contributed by atoms with Gasteiger partial charge in [0.05, 0.1) is 18.3 Å². The Morgan fingerprint density at radius 3 is 3.00 bits per heavy atom. The van der Waals surface area contributed by atoms with E-state index in [1.807, 2.05) is 6.33 Å². The Bertz CT molecular complexity index is 611. The number of nitrogens with one attached hydrogen (secondary N) is 1. The van der Waals surface area contributed by atoms with Gasteiger partial charge in [-0.05, 0) is 45.1 Å². The predicted molar refractivity (Wildman–Crippen MR) is 86.4 cm³/mol. The molecule has 124 valence electrons. The minimum Gasteiger partial charge on any atom is -0.330 e. The van der Waals surface area contributed by atoms with E-state index in [2.05, 4.69) is 19.2 Å². The topological polar surface area (TPSA) is 67.2 Å². The number of likely N-dealkylation sites (tertiary alicyclic amines) is 1. The first-order valence-corrected chi connectivity index (χ1v) is 10.1. The Kier molecular flexibility index (Phi) is 4.84. The molecule has 1 N–H and O–H groups in total. The fraction of sp³-hybridized carbons (Fsp3) is 0.800. The van der Waals surface area contributed by atoms with Gasteiger partial charge in [-0.2, -0.15) is 0 Å². The molecule has 1 aliphatic carbocycles. The van der Waals surface area contributed by atoms with Gasteiger partial charge in [0.1, 0.15) is 0 Å². The average molecular weight is 326 g/mol. The highest BCUT2D eigenvalue weighted by molar-refractivity contribution is 7.88. The van der Waals surface area contributed by atoms with E-state index in [1.165, 1.54) is 43.3 Å². The van der Waals surface area contributed by atoms with Crippen molar-refractivity contribution in [1.82, 2.24) is 19.2 Å². The fourth-order valence-electron chi connectivity index (χ4n) is 3.61. The van der Waals surface area contributed by atoms with Crippen molar-refractivity contribution in [1.29, 1.82) is 0 Å². The maximum Gasteiger partial charge on any atom is 0.208 e. The van der Waals surface area contributed by atoms with Crippen molar-refractivity contribution in [3.05, 3.63) is 17.7 Å². The number of fused-ring (bicyclic) bond motifs is 1. The van der Waals surface area contributed by atoms with Crippen LogP contribution < -0.4 is 4.72 Å². The molecule has 0 amide bonds. The minimum absolute atomic E-state index is 0.528. The lowest BCUT2D eigenvalue weighted by Crippen LogP contribution is -2.28. The second-order valence-electron chi connectivity index (χ2n) is 6.52. The number of hydrogen-bond acceptors (Lipinski definition) is 4. The summed E-state index contributed by atoms with van der Waals surface area (Å²) in [6, 6.07) is 0.539. The maximum atomic E-state index is 11.0. The fourth-order valence-corrected chi connectivity index (χ4v) is 4.12. The third-order valence-corrected chi connectivity index (χ3v) is 5.44. The van der Waals surface area contributed by atoms with Gasteiger partial charge >= 0.3 is 0 Å². The highest BCUT2D eigenvalue weighted by atomic mass is 32.2. The van der Waals surface area contributed by atoms with Crippen LogP contribution in [0.25, 0.3) is 0 Å². The minimum atomic E-state index is -3.06. The van der Waals surface area contributed by atoms with Crippen LogP contribution in [0.2, 0.25) is 0 Å². The zero-order valence-electron chi connectivity index (χ0n) is 13.3. The number of aromatic nitrogens is 2. The van der Waals surface area contributed by atoms with E-state index < -0.39 is 10.0 Å². The smallest absolute Gasteiger partial charge is 0.208 e. The van der Waals surface area contributed by atoms with Gasteiger partial charge in [-0.25, -0.2) is 18.1 Å². The van der Waals surface area contributed by atoms with Gasteiger partial charge < -0.3 is 9.47 Å². The monoisotopic (exact) mass is 326 g/mol. The Morgan fingerprint density at radius 2 is 2.18 bits per heavy atom. The normalized spacial score (nSPS) is 22.9. The summed E-state index contributed by atoms with van der Waals surface area (Å²) in [5.74, 6) is 0. The molecule has 1 aromatic heterocycles. The second-order valence-corrected chi connectivity index (χ2v) is 8.35. The number of sulfonamides is 1. The molecule has 0 saturated carbocycles. The summed E-state index contributed by atoms with van der Waals surface area (Å²) < 4.78 is 27.0. The molecule has 6 nitrogen and oxygen atoms in total. The van der Waals surface area contributed by atoms with Crippen molar-refractivity contribution in [3.63, 3.8) is 0 Å². The van der Waals surface area contributed by atoms with Crippen LogP contribution in [-0.2, 0) is 22.9 Å². The van der Waals surface area contributed by atoms with Crippen molar-refractivity contribution in [2.24, 2.45) is 0 Å². The van der Waals surface area contributed by atoms with Crippen molar-refractivity contribution in [3.8, 4) is 0 Å². The van der Waals surface area contributed by atoms with Crippen molar-refractivity contribution in [2.45, 2.75) is 44.6 Å². The molecule has 2 aliphatic rings. The van der Waals surface area contributed by atoms with Crippen LogP contribution in [0, 0.1) is 0 Å². The summed E-state index contributed by atoms with van der Waals surface area (Å²) in [6.45, 7) is 3.63. The van der Waals surface area contributed by atoms with E-state index in [-0.39, 0.29) is 0 Å². The lowest BCUT2D eigenvalue weighted by molar-refractivity contribution is 0.318. The number of nitrogens with zero attached hydrogens (tertiary/aromatic N) is 3. The molecule has 0 unspecified atom stereocenters. The first kappa shape index (κ1) is 16.0. The zero-order valence-corrected chi connectivity index (χ0v) is 14.1. The van der Waals surface area contributed by atoms with Crippen LogP contribution >= 0.6 is 0 Å². The summed E-state index contributed by atoms with van der Waals surface area (Å²) >= 11 is 0. The van der Waals surface area contributed by atoms with Crippen LogP contribution in [0.1, 0.15) is 43.1 Å². The van der Waals surface area contributed by atoms with E-state index in [0.717, 1.165) is 32.5 Å². The Labute approximate surface area is 133 Å². The molecule has 0 radical (unpaired) electrons. The van der Waals surface area contributed by atoms with Gasteiger partial charge in [0.15, 0.2) is 0 Å². The quantitative estimate of drug-likeness (QED) is 0.790. The van der Waals surface area contributed by atoms with Gasteiger partial charge in [0.2, 0.25) is 10.0 Å². The zero-order chi connectivity index (χ0) is 15.6. The van der Waals surface area contributed by atoms with Crippen LogP contribution in [0.5, 0.6) is 0 Å². The molecule has 1 saturated heterocycles. The summed E-state index contributed by atoms with van der Waals surface area (Å²) in [5.41, 5.74) is 2.76. The summed E-state index contributed by atoms with van der Waals surface area (Å²) in [7, 11) is -3.06. The molecule has 0 bridgehead atoms. The third-order valence-electron chi connectivity index (χ3n) is 4.72. The van der Waals surface area contributed by atoms with Crippen LogP contribution in [-0.4, -0.2) is 55.3 Å². The number of imidazole rings is 1. The van der Waals surface area contributed by atoms with Crippen molar-refractivity contribution in [2.75, 3.05) is 32.4 Å². The SMILES string of the molecule is CS(=O)(=O)NCCCN1CC[C@@H](n2cnc3c2CCCC3)C1. The van der Waals surface area contributed by atoms with Crippen molar-refractivity contribution >= 4 is 10.0 Å². The standard InChI is InChI=1S/C15H26N4O2S/c1-22(20,21)17-8-4-9-18-10-7-13(11-18)19-12-16-14-5-2-3-6-15(14)19/h12-13,17H,2-11H2,1H3/t13-/m1/s1. The van der Waals surface area contributed by atoms with Gasteiger partial charge in [0.25, 0.3) is 0 Å². The third kappa shape index (κ3) is 3.88. The van der Waals surface area contributed by atoms with Gasteiger partial charge in [-0.3, -0.25) is 0 Å². The maximum absolute atomic E-state index is 11.0. The number of hydrogen-bond donors (Lipinski definition) is 1. The molecule has 0 aromatic carbocycles. The molecular weight excluding hydrogens is 300 g/mol. The van der Waals surface area contributed by atoms with Gasteiger partial charge in [-0.1, -0.05) is 0 Å². The van der Waals surface area contributed by atoms with E-state index in [0.29, 0.717) is 12.6 Å². The summed E-state index contributed by atoms with van der Waals surface area (Å²) in [4.78, 5) is 7.03. The van der Waals surface area contributed by atoms with Gasteiger partial charge in [0, 0.05) is 31.4 Å². The van der Waals surface area contributed by atoms with Crippen LogP contribution in [0.4, 0.5) is 0 Å². The molecule has 0 spiro atoms. The highest BCUT2D eigenvalue weighted by Crippen LogP contribution is 2.28. The lowest BCUT2D eigenvalue weighted by Gasteiger charge is -2.20. The number of aryl methyl sites for hydroxylation is 1. The van der Waals surface area contributed by atoms with E-state index in [9.17, 15) is 8.42 Å². The molecule has 7 heteroatoms. The highest BCUT2D eigenvalue weighted by Gasteiger charge is 2.26. The Balaban J connectivity index is 1.49. The number of rotatable bonds is 6. The summed E-state index contributed by atoms with van der Waals surface area (Å²) in [5, 5.41) is 0. The largest absolute Gasteiger partial charge is 0.330 e. The van der Waals surface area contributed by atoms with Gasteiger partial charge in [-0.15, -0.1) is 0 Å². The van der Waals surface area contributed by atoms with Crippen LogP contribution in [0.15, 0.2) is 6.33 Å². The lowest BCUT2D eigenvalue weighted by atomic mass is 10.0. The second kappa shape index (κ2) is 6.68. The molecule has 3 rings (SSSR count).